The van der Waals surface area contributed by atoms with E-state index in [1.165, 1.54) is 16.7 Å². The Morgan fingerprint density at radius 3 is 2.32 bits per heavy atom. The van der Waals surface area contributed by atoms with Gasteiger partial charge < -0.3 is 10.2 Å². The van der Waals surface area contributed by atoms with Gasteiger partial charge >= 0.3 is 0 Å². The zero-order chi connectivity index (χ0) is 23.0. The van der Waals surface area contributed by atoms with Crippen molar-refractivity contribution >= 4 is 35.2 Å². The quantitative estimate of drug-likeness (QED) is 0.517. The Morgan fingerprint density at radius 1 is 1.03 bits per heavy atom. The molecule has 2 aromatic rings. The van der Waals surface area contributed by atoms with E-state index in [0.29, 0.717) is 29.8 Å². The molecule has 2 rings (SSSR count). The molecule has 0 saturated carbocycles. The molecule has 0 radical (unpaired) electrons. The van der Waals surface area contributed by atoms with Crippen molar-refractivity contribution in [3.05, 3.63) is 69.7 Å². The fourth-order valence-corrected chi connectivity index (χ4v) is 4.42. The SMILES string of the molecule is Cc1cc(C)cc(CSCC(=O)N(Cc2cccc(Cl)c2)C(C)C(=O)NCC(C)C)c1. The van der Waals surface area contributed by atoms with Crippen LogP contribution < -0.4 is 5.32 Å². The van der Waals surface area contributed by atoms with Crippen molar-refractivity contribution in [3.8, 4) is 0 Å². The average Bonchev–Trinajstić information content (AvgIpc) is 2.69. The van der Waals surface area contributed by atoms with Crippen LogP contribution in [0.4, 0.5) is 0 Å². The minimum absolute atomic E-state index is 0.0541. The van der Waals surface area contributed by atoms with Gasteiger partial charge in [-0.05, 0) is 49.9 Å². The van der Waals surface area contributed by atoms with Crippen LogP contribution in [0, 0.1) is 19.8 Å². The second-order valence-corrected chi connectivity index (χ2v) is 9.88. The number of benzene rings is 2. The van der Waals surface area contributed by atoms with Crippen molar-refractivity contribution in [3.63, 3.8) is 0 Å². The molecule has 0 aliphatic heterocycles. The van der Waals surface area contributed by atoms with Crippen LogP contribution in [0.1, 0.15) is 43.0 Å². The molecule has 0 bridgehead atoms. The highest BCUT2D eigenvalue weighted by atomic mass is 35.5. The summed E-state index contributed by atoms with van der Waals surface area (Å²) < 4.78 is 0. The van der Waals surface area contributed by atoms with Crippen LogP contribution in [0.25, 0.3) is 0 Å². The predicted octanol–water partition coefficient (Wildman–Crippen LogP) is 5.38. The smallest absolute Gasteiger partial charge is 0.242 e. The minimum atomic E-state index is -0.563. The van der Waals surface area contributed by atoms with Crippen LogP contribution in [-0.2, 0) is 21.9 Å². The van der Waals surface area contributed by atoms with Gasteiger partial charge in [0.15, 0.2) is 0 Å². The third-order valence-corrected chi connectivity index (χ3v) is 6.09. The van der Waals surface area contributed by atoms with E-state index in [1.807, 2.05) is 32.0 Å². The number of aryl methyl sites for hydroxylation is 2. The third kappa shape index (κ3) is 8.58. The molecule has 4 nitrogen and oxygen atoms in total. The monoisotopic (exact) mass is 460 g/mol. The van der Waals surface area contributed by atoms with Gasteiger partial charge in [-0.15, -0.1) is 11.8 Å². The molecule has 1 atom stereocenters. The zero-order valence-electron chi connectivity index (χ0n) is 19.1. The van der Waals surface area contributed by atoms with E-state index in [2.05, 4.69) is 37.4 Å². The molecule has 31 heavy (non-hydrogen) atoms. The summed E-state index contributed by atoms with van der Waals surface area (Å²) in [6, 6.07) is 13.3. The average molecular weight is 461 g/mol. The molecule has 0 spiro atoms. The minimum Gasteiger partial charge on any atom is -0.354 e. The predicted molar refractivity (Wildman–Crippen MR) is 131 cm³/mol. The van der Waals surface area contributed by atoms with Crippen molar-refractivity contribution < 1.29 is 9.59 Å². The van der Waals surface area contributed by atoms with Crippen molar-refractivity contribution in [2.45, 2.75) is 53.0 Å². The summed E-state index contributed by atoms with van der Waals surface area (Å²) in [7, 11) is 0. The number of hydrogen-bond acceptors (Lipinski definition) is 3. The Morgan fingerprint density at radius 2 is 1.71 bits per heavy atom. The number of halogens is 1. The maximum atomic E-state index is 13.1. The molecule has 0 saturated heterocycles. The molecule has 0 aliphatic rings. The summed E-state index contributed by atoms with van der Waals surface area (Å²) in [5.74, 6) is 1.23. The van der Waals surface area contributed by atoms with Gasteiger partial charge in [0.1, 0.15) is 6.04 Å². The highest BCUT2D eigenvalue weighted by Gasteiger charge is 2.26. The van der Waals surface area contributed by atoms with E-state index < -0.39 is 6.04 Å². The summed E-state index contributed by atoms with van der Waals surface area (Å²) >= 11 is 7.70. The Hall–Kier alpha value is -1.98. The maximum Gasteiger partial charge on any atom is 0.242 e. The number of thioether (sulfide) groups is 1. The molecule has 2 amide bonds. The van der Waals surface area contributed by atoms with E-state index in [4.69, 9.17) is 11.6 Å². The molecule has 6 heteroatoms. The number of carbonyl (C=O) groups is 2. The highest BCUT2D eigenvalue weighted by molar-refractivity contribution is 7.99. The first-order chi connectivity index (χ1) is 14.7. The molecular formula is C25H33ClN2O2S. The Balaban J connectivity index is 2.08. The van der Waals surface area contributed by atoms with Crippen molar-refractivity contribution in [1.29, 1.82) is 0 Å². The van der Waals surface area contributed by atoms with Gasteiger partial charge in [-0.1, -0.05) is 66.9 Å². The molecule has 1 unspecified atom stereocenters. The summed E-state index contributed by atoms with van der Waals surface area (Å²) in [4.78, 5) is 27.5. The molecule has 0 aliphatic carbocycles. The van der Waals surface area contributed by atoms with Crippen LogP contribution in [-0.4, -0.2) is 35.1 Å². The molecular weight excluding hydrogens is 428 g/mol. The Kier molecular flexibility index (Phi) is 9.92. The number of nitrogens with zero attached hydrogens (tertiary/aromatic N) is 1. The number of rotatable bonds is 10. The van der Waals surface area contributed by atoms with Crippen molar-refractivity contribution in [1.82, 2.24) is 10.2 Å². The normalized spacial score (nSPS) is 12.0. The first-order valence-corrected chi connectivity index (χ1v) is 12.2. The zero-order valence-corrected chi connectivity index (χ0v) is 20.6. The van der Waals surface area contributed by atoms with Gasteiger partial charge in [-0.25, -0.2) is 0 Å². The van der Waals surface area contributed by atoms with E-state index in [-0.39, 0.29) is 11.8 Å². The van der Waals surface area contributed by atoms with Gasteiger partial charge in [0.05, 0.1) is 5.75 Å². The van der Waals surface area contributed by atoms with Crippen LogP contribution >= 0.6 is 23.4 Å². The lowest BCUT2D eigenvalue weighted by Gasteiger charge is -2.29. The second kappa shape index (κ2) is 12.2. The van der Waals surface area contributed by atoms with Crippen LogP contribution in [0.15, 0.2) is 42.5 Å². The molecule has 0 heterocycles. The molecule has 0 fully saturated rings. The van der Waals surface area contributed by atoms with Gasteiger partial charge in [0, 0.05) is 23.9 Å². The largest absolute Gasteiger partial charge is 0.354 e. The second-order valence-electron chi connectivity index (χ2n) is 8.46. The lowest BCUT2D eigenvalue weighted by atomic mass is 10.1. The first kappa shape index (κ1) is 25.3. The van der Waals surface area contributed by atoms with Gasteiger partial charge in [-0.3, -0.25) is 9.59 Å². The first-order valence-electron chi connectivity index (χ1n) is 10.6. The Labute approximate surface area is 195 Å². The summed E-state index contributed by atoms with van der Waals surface area (Å²) in [6.07, 6.45) is 0. The third-order valence-electron chi connectivity index (χ3n) is 4.87. The van der Waals surface area contributed by atoms with Gasteiger partial charge in [0.2, 0.25) is 11.8 Å². The lowest BCUT2D eigenvalue weighted by Crippen LogP contribution is -2.48. The summed E-state index contributed by atoms with van der Waals surface area (Å²) in [5.41, 5.74) is 4.56. The number of amides is 2. The topological polar surface area (TPSA) is 49.4 Å². The van der Waals surface area contributed by atoms with Crippen LogP contribution in [0.5, 0.6) is 0 Å². The van der Waals surface area contributed by atoms with Gasteiger partial charge in [0.25, 0.3) is 0 Å². The fraction of sp³-hybridized carbons (Fsp3) is 0.440. The van der Waals surface area contributed by atoms with E-state index in [0.717, 1.165) is 11.3 Å². The fourth-order valence-electron chi connectivity index (χ4n) is 3.36. The van der Waals surface area contributed by atoms with Crippen LogP contribution in [0.2, 0.25) is 5.02 Å². The van der Waals surface area contributed by atoms with E-state index >= 15 is 0 Å². The molecule has 1 N–H and O–H groups in total. The van der Waals surface area contributed by atoms with Gasteiger partial charge in [-0.2, -0.15) is 0 Å². The summed E-state index contributed by atoms with van der Waals surface area (Å²) in [6.45, 7) is 11.0. The molecule has 2 aromatic carbocycles. The van der Waals surface area contributed by atoms with E-state index in [9.17, 15) is 9.59 Å². The number of hydrogen-bond donors (Lipinski definition) is 1. The van der Waals surface area contributed by atoms with Crippen molar-refractivity contribution in [2.75, 3.05) is 12.3 Å². The highest BCUT2D eigenvalue weighted by Crippen LogP contribution is 2.19. The number of nitrogens with one attached hydrogen (secondary N) is 1. The standard InChI is InChI=1S/C25H33ClN2O2S/c1-17(2)13-27-25(30)20(5)28(14-21-7-6-8-23(26)12-21)24(29)16-31-15-22-10-18(3)9-19(4)11-22/h6-12,17,20H,13-16H2,1-5H3,(H,27,30). The van der Waals surface area contributed by atoms with E-state index in [1.54, 1.807) is 29.7 Å². The molecule has 0 aromatic heterocycles. The Bertz CT molecular complexity index is 881. The molecule has 168 valence electrons. The van der Waals surface area contributed by atoms with Crippen molar-refractivity contribution in [2.24, 2.45) is 5.92 Å². The lowest BCUT2D eigenvalue weighted by molar-refractivity contribution is -0.138. The number of carbonyl (C=O) groups excluding carboxylic acids is 2. The summed E-state index contributed by atoms with van der Waals surface area (Å²) in [5, 5.41) is 3.56. The van der Waals surface area contributed by atoms with Crippen LogP contribution in [0.3, 0.4) is 0 Å². The maximum absolute atomic E-state index is 13.1.